The van der Waals surface area contributed by atoms with E-state index in [2.05, 4.69) is 163 Å². The van der Waals surface area contributed by atoms with E-state index < -0.39 is 0 Å². The lowest BCUT2D eigenvalue weighted by Gasteiger charge is -2.25. The van der Waals surface area contributed by atoms with Crippen molar-refractivity contribution < 1.29 is 0 Å². The number of aromatic nitrogens is 1. The lowest BCUT2D eigenvalue weighted by Crippen LogP contribution is -2.09. The Kier molecular flexibility index (Phi) is 6.07. The SMILES string of the molecule is Cc1cc(-c2ccc(-c3ccc(N(c4ccccc4)c4ccccc4)cc3)cc2)nc2ccc3ccccc3c12. The highest BCUT2D eigenvalue weighted by Gasteiger charge is 2.12. The van der Waals surface area contributed by atoms with Gasteiger partial charge in [0.2, 0.25) is 0 Å². The molecule has 0 aliphatic rings. The van der Waals surface area contributed by atoms with Gasteiger partial charge in [0.1, 0.15) is 0 Å². The van der Waals surface area contributed by atoms with Gasteiger partial charge in [-0.1, -0.05) is 103 Å². The van der Waals surface area contributed by atoms with E-state index in [-0.39, 0.29) is 0 Å². The van der Waals surface area contributed by atoms with Gasteiger partial charge in [-0.3, -0.25) is 0 Å². The van der Waals surface area contributed by atoms with Crippen molar-refractivity contribution in [3.05, 3.63) is 157 Å². The zero-order valence-corrected chi connectivity index (χ0v) is 22.3. The maximum Gasteiger partial charge on any atom is 0.0718 e. The molecule has 6 aromatic carbocycles. The van der Waals surface area contributed by atoms with Gasteiger partial charge in [0.15, 0.2) is 0 Å². The minimum Gasteiger partial charge on any atom is -0.311 e. The summed E-state index contributed by atoms with van der Waals surface area (Å²) in [5, 5.41) is 3.74. The Morgan fingerprint density at radius 1 is 0.475 bits per heavy atom. The van der Waals surface area contributed by atoms with Gasteiger partial charge in [0.25, 0.3) is 0 Å². The van der Waals surface area contributed by atoms with E-state index >= 15 is 0 Å². The summed E-state index contributed by atoms with van der Waals surface area (Å²) < 4.78 is 0. The molecule has 40 heavy (non-hydrogen) atoms. The second-order valence-corrected chi connectivity index (χ2v) is 10.1. The number of benzene rings is 6. The van der Waals surface area contributed by atoms with Crippen LogP contribution in [0.15, 0.2) is 152 Å². The first kappa shape index (κ1) is 23.9. The van der Waals surface area contributed by atoms with E-state index in [1.807, 2.05) is 0 Å². The Balaban J connectivity index is 1.20. The van der Waals surface area contributed by atoms with Gasteiger partial charge in [0.05, 0.1) is 11.2 Å². The highest BCUT2D eigenvalue weighted by Crippen LogP contribution is 2.36. The molecule has 2 nitrogen and oxygen atoms in total. The Hall–Kier alpha value is -5.21. The van der Waals surface area contributed by atoms with Crippen LogP contribution in [0.5, 0.6) is 0 Å². The van der Waals surface area contributed by atoms with Crippen molar-refractivity contribution in [2.24, 2.45) is 0 Å². The molecule has 190 valence electrons. The summed E-state index contributed by atoms with van der Waals surface area (Å²) in [7, 11) is 0. The highest BCUT2D eigenvalue weighted by atomic mass is 15.1. The summed E-state index contributed by atoms with van der Waals surface area (Å²) in [6.45, 7) is 2.18. The molecule has 0 amide bonds. The molecule has 0 aliphatic carbocycles. The van der Waals surface area contributed by atoms with Crippen LogP contribution >= 0.6 is 0 Å². The Morgan fingerprint density at radius 2 is 1.00 bits per heavy atom. The number of para-hydroxylation sites is 2. The van der Waals surface area contributed by atoms with Crippen LogP contribution in [0, 0.1) is 6.92 Å². The molecule has 0 fully saturated rings. The fraction of sp³-hybridized carbons (Fsp3) is 0.0263. The van der Waals surface area contributed by atoms with Crippen molar-refractivity contribution in [1.29, 1.82) is 0 Å². The van der Waals surface area contributed by atoms with Crippen molar-refractivity contribution in [2.45, 2.75) is 6.92 Å². The summed E-state index contributed by atoms with van der Waals surface area (Å²) in [4.78, 5) is 7.32. The number of pyridine rings is 1. The maximum absolute atomic E-state index is 5.04. The van der Waals surface area contributed by atoms with E-state index in [0.29, 0.717) is 0 Å². The number of anilines is 3. The third-order valence-corrected chi connectivity index (χ3v) is 7.56. The average Bonchev–Trinajstić information content (AvgIpc) is 3.02. The molecular formula is C38H28N2. The molecule has 0 N–H and O–H groups in total. The molecular weight excluding hydrogens is 484 g/mol. The summed E-state index contributed by atoms with van der Waals surface area (Å²) in [6, 6.07) is 53.6. The largest absolute Gasteiger partial charge is 0.311 e. The smallest absolute Gasteiger partial charge is 0.0718 e. The molecule has 0 atom stereocenters. The Bertz CT molecular complexity index is 1890. The zero-order valence-electron chi connectivity index (χ0n) is 22.3. The minimum atomic E-state index is 1.00. The molecule has 7 rings (SSSR count). The second kappa shape index (κ2) is 10.2. The molecule has 0 spiro atoms. The summed E-state index contributed by atoms with van der Waals surface area (Å²) in [6.07, 6.45) is 0. The minimum absolute atomic E-state index is 1.00. The Morgan fingerprint density at radius 3 is 1.65 bits per heavy atom. The van der Waals surface area contributed by atoms with Gasteiger partial charge >= 0.3 is 0 Å². The molecule has 0 unspecified atom stereocenters. The van der Waals surface area contributed by atoms with Gasteiger partial charge in [-0.25, -0.2) is 4.98 Å². The van der Waals surface area contributed by atoms with E-state index in [0.717, 1.165) is 33.8 Å². The average molecular weight is 513 g/mol. The van der Waals surface area contributed by atoms with Crippen molar-refractivity contribution in [2.75, 3.05) is 4.90 Å². The maximum atomic E-state index is 5.04. The summed E-state index contributed by atoms with van der Waals surface area (Å²) in [5.41, 5.74) is 10.2. The van der Waals surface area contributed by atoms with Crippen LogP contribution in [0.3, 0.4) is 0 Å². The molecule has 0 saturated carbocycles. The van der Waals surface area contributed by atoms with Crippen molar-refractivity contribution in [3.63, 3.8) is 0 Å². The number of fused-ring (bicyclic) bond motifs is 3. The van der Waals surface area contributed by atoms with Crippen molar-refractivity contribution >= 4 is 38.7 Å². The van der Waals surface area contributed by atoms with Crippen molar-refractivity contribution in [1.82, 2.24) is 4.98 Å². The predicted molar refractivity (Wildman–Crippen MR) is 170 cm³/mol. The summed E-state index contributed by atoms with van der Waals surface area (Å²) >= 11 is 0. The van der Waals surface area contributed by atoms with Gasteiger partial charge in [-0.2, -0.15) is 0 Å². The van der Waals surface area contributed by atoms with Crippen LogP contribution in [-0.4, -0.2) is 4.98 Å². The molecule has 0 saturated heterocycles. The first-order valence-electron chi connectivity index (χ1n) is 13.6. The van der Waals surface area contributed by atoms with Crippen LogP contribution in [0.4, 0.5) is 17.1 Å². The zero-order chi connectivity index (χ0) is 26.9. The molecule has 1 aromatic heterocycles. The lowest BCUT2D eigenvalue weighted by molar-refractivity contribution is 1.28. The quantitative estimate of drug-likeness (QED) is 0.213. The van der Waals surface area contributed by atoms with E-state index in [9.17, 15) is 0 Å². The molecule has 7 aromatic rings. The predicted octanol–water partition coefficient (Wildman–Crippen LogP) is 10.5. The molecule has 1 heterocycles. The van der Waals surface area contributed by atoms with Crippen LogP contribution in [0.2, 0.25) is 0 Å². The van der Waals surface area contributed by atoms with E-state index in [4.69, 9.17) is 4.98 Å². The fourth-order valence-corrected chi connectivity index (χ4v) is 5.59. The van der Waals surface area contributed by atoms with Gasteiger partial charge in [0, 0.05) is 28.0 Å². The molecule has 0 aliphatic heterocycles. The van der Waals surface area contributed by atoms with Crippen LogP contribution in [0.25, 0.3) is 44.1 Å². The standard InChI is InChI=1S/C38H28N2/c1-27-26-37(39-36-25-22-30-10-8-9-15-35(30)38(27)36)31-18-16-28(17-19-31)29-20-23-34(24-21-29)40(32-11-4-2-5-12-32)33-13-6-3-7-14-33/h2-26H,1H3. The fourth-order valence-electron chi connectivity index (χ4n) is 5.59. The van der Waals surface area contributed by atoms with Gasteiger partial charge in [-0.05, 0) is 82.9 Å². The monoisotopic (exact) mass is 512 g/mol. The third-order valence-electron chi connectivity index (χ3n) is 7.56. The third kappa shape index (κ3) is 4.40. The topological polar surface area (TPSA) is 16.1 Å². The Labute approximate surface area is 234 Å². The normalized spacial score (nSPS) is 11.1. The van der Waals surface area contributed by atoms with E-state index in [1.54, 1.807) is 0 Å². The molecule has 2 heteroatoms. The number of rotatable bonds is 5. The van der Waals surface area contributed by atoms with Crippen LogP contribution in [-0.2, 0) is 0 Å². The van der Waals surface area contributed by atoms with Gasteiger partial charge < -0.3 is 4.90 Å². The lowest BCUT2D eigenvalue weighted by atomic mass is 9.98. The van der Waals surface area contributed by atoms with Crippen LogP contribution in [0.1, 0.15) is 5.56 Å². The number of aryl methyl sites for hydroxylation is 1. The second-order valence-electron chi connectivity index (χ2n) is 10.1. The first-order valence-corrected chi connectivity index (χ1v) is 13.6. The van der Waals surface area contributed by atoms with E-state index in [1.165, 1.54) is 32.8 Å². The van der Waals surface area contributed by atoms with Crippen molar-refractivity contribution in [3.8, 4) is 22.4 Å². The first-order chi connectivity index (χ1) is 19.7. The number of hydrogen-bond donors (Lipinski definition) is 0. The van der Waals surface area contributed by atoms with Gasteiger partial charge in [-0.15, -0.1) is 0 Å². The molecule has 0 bridgehead atoms. The molecule has 0 radical (unpaired) electrons. The highest BCUT2D eigenvalue weighted by molar-refractivity contribution is 6.08. The number of nitrogens with zero attached hydrogens (tertiary/aromatic N) is 2. The van der Waals surface area contributed by atoms with Crippen LogP contribution < -0.4 is 4.90 Å². The summed E-state index contributed by atoms with van der Waals surface area (Å²) in [5.74, 6) is 0. The number of hydrogen-bond acceptors (Lipinski definition) is 2.